The zero-order valence-corrected chi connectivity index (χ0v) is 12.2. The molecule has 1 aromatic carbocycles. The third kappa shape index (κ3) is 2.90. The Bertz CT molecular complexity index is 368. The summed E-state index contributed by atoms with van der Waals surface area (Å²) in [5, 5.41) is 4.39. The van der Waals surface area contributed by atoms with Crippen LogP contribution in [-0.2, 0) is 0 Å². The van der Waals surface area contributed by atoms with Crippen LogP contribution in [-0.4, -0.2) is 23.1 Å². The number of nitrogens with two attached hydrogens (primary N) is 1. The highest BCUT2D eigenvalue weighted by atomic mass is 32.2. The van der Waals surface area contributed by atoms with Gasteiger partial charge in [-0.1, -0.05) is 37.3 Å². The van der Waals surface area contributed by atoms with Crippen LogP contribution in [0.15, 0.2) is 30.3 Å². The van der Waals surface area contributed by atoms with Gasteiger partial charge in [0.15, 0.2) is 0 Å². The van der Waals surface area contributed by atoms with Gasteiger partial charge in [0.1, 0.15) is 0 Å². The molecular formula is C15H24N2S. The predicted molar refractivity (Wildman–Crippen MR) is 80.9 cm³/mol. The molecule has 3 atom stereocenters. The first-order valence-electron chi connectivity index (χ1n) is 6.82. The van der Waals surface area contributed by atoms with E-state index in [1.807, 2.05) is 11.8 Å². The number of hydrogen-bond acceptors (Lipinski definition) is 3. The Labute approximate surface area is 115 Å². The van der Waals surface area contributed by atoms with Gasteiger partial charge in [-0.2, -0.15) is 11.8 Å². The van der Waals surface area contributed by atoms with E-state index >= 15 is 0 Å². The van der Waals surface area contributed by atoms with Crippen molar-refractivity contribution in [2.75, 3.05) is 12.3 Å². The lowest BCUT2D eigenvalue weighted by Crippen LogP contribution is -2.59. The minimum atomic E-state index is 0.0954. The molecule has 2 nitrogen and oxygen atoms in total. The van der Waals surface area contributed by atoms with Gasteiger partial charge in [0.25, 0.3) is 0 Å². The molecule has 1 fully saturated rings. The van der Waals surface area contributed by atoms with E-state index < -0.39 is 0 Å². The minimum absolute atomic E-state index is 0.0954. The summed E-state index contributed by atoms with van der Waals surface area (Å²) in [5.41, 5.74) is 7.52. The van der Waals surface area contributed by atoms with E-state index in [0.717, 1.165) is 6.54 Å². The number of hydrogen-bond donors (Lipinski definition) is 2. The van der Waals surface area contributed by atoms with Gasteiger partial charge in [0, 0.05) is 23.4 Å². The fourth-order valence-electron chi connectivity index (χ4n) is 2.78. The van der Waals surface area contributed by atoms with E-state index in [1.54, 1.807) is 0 Å². The van der Waals surface area contributed by atoms with E-state index in [2.05, 4.69) is 49.5 Å². The summed E-state index contributed by atoms with van der Waals surface area (Å²) in [7, 11) is 0. The molecule has 0 spiro atoms. The van der Waals surface area contributed by atoms with Gasteiger partial charge in [0.05, 0.1) is 0 Å². The van der Waals surface area contributed by atoms with E-state index in [-0.39, 0.29) is 5.54 Å². The van der Waals surface area contributed by atoms with Crippen LogP contribution >= 0.6 is 11.8 Å². The molecule has 1 heterocycles. The Kier molecular flexibility index (Phi) is 4.71. The van der Waals surface area contributed by atoms with Crippen LogP contribution in [0.4, 0.5) is 0 Å². The Hall–Kier alpha value is -0.510. The molecule has 1 aliphatic heterocycles. The molecule has 1 saturated heterocycles. The molecule has 0 saturated carbocycles. The molecule has 0 aromatic heterocycles. The van der Waals surface area contributed by atoms with Crippen LogP contribution in [0.1, 0.15) is 38.3 Å². The van der Waals surface area contributed by atoms with Gasteiger partial charge < -0.3 is 11.1 Å². The van der Waals surface area contributed by atoms with Crippen molar-refractivity contribution in [1.29, 1.82) is 0 Å². The molecule has 18 heavy (non-hydrogen) atoms. The predicted octanol–water partition coefficient (Wildman–Crippen LogP) is 2.95. The van der Waals surface area contributed by atoms with Gasteiger partial charge in [-0.05, 0) is 31.1 Å². The van der Waals surface area contributed by atoms with E-state index in [1.165, 1.54) is 24.2 Å². The smallest absolute Gasteiger partial charge is 0.0426 e. The summed E-state index contributed by atoms with van der Waals surface area (Å²) in [4.78, 5) is 0. The highest BCUT2D eigenvalue weighted by Crippen LogP contribution is 2.35. The van der Waals surface area contributed by atoms with Gasteiger partial charge in [-0.3, -0.25) is 0 Å². The van der Waals surface area contributed by atoms with Gasteiger partial charge >= 0.3 is 0 Å². The number of rotatable bonds is 4. The summed E-state index contributed by atoms with van der Waals surface area (Å²) < 4.78 is 0. The van der Waals surface area contributed by atoms with Crippen LogP contribution in [0.2, 0.25) is 0 Å². The first-order valence-corrected chi connectivity index (χ1v) is 7.87. The maximum Gasteiger partial charge on any atom is 0.0426 e. The molecular weight excluding hydrogens is 240 g/mol. The molecule has 0 bridgehead atoms. The summed E-state index contributed by atoms with van der Waals surface area (Å²) >= 11 is 2.04. The molecule has 0 aliphatic carbocycles. The SMILES string of the molecule is CC(NC1(CN)CCCSC1C)c1ccccc1. The topological polar surface area (TPSA) is 38.0 Å². The quantitative estimate of drug-likeness (QED) is 0.878. The maximum absolute atomic E-state index is 6.08. The highest BCUT2D eigenvalue weighted by molar-refractivity contribution is 8.00. The van der Waals surface area contributed by atoms with Crippen molar-refractivity contribution in [2.45, 2.75) is 43.5 Å². The van der Waals surface area contributed by atoms with Gasteiger partial charge in [0.2, 0.25) is 0 Å². The van der Waals surface area contributed by atoms with Crippen LogP contribution in [0.25, 0.3) is 0 Å². The summed E-state index contributed by atoms with van der Waals surface area (Å²) in [5.74, 6) is 1.27. The van der Waals surface area contributed by atoms with Crippen molar-refractivity contribution >= 4 is 11.8 Å². The van der Waals surface area contributed by atoms with Crippen molar-refractivity contribution in [3.8, 4) is 0 Å². The van der Waals surface area contributed by atoms with Crippen molar-refractivity contribution in [3.05, 3.63) is 35.9 Å². The first kappa shape index (κ1) is 13.9. The molecule has 3 unspecified atom stereocenters. The zero-order chi connectivity index (χ0) is 13.0. The fourth-order valence-corrected chi connectivity index (χ4v) is 4.05. The number of nitrogens with one attached hydrogen (secondary N) is 1. The zero-order valence-electron chi connectivity index (χ0n) is 11.4. The van der Waals surface area contributed by atoms with Crippen molar-refractivity contribution in [3.63, 3.8) is 0 Å². The second-order valence-electron chi connectivity index (χ2n) is 5.25. The molecule has 1 aliphatic rings. The summed E-state index contributed by atoms with van der Waals surface area (Å²) in [6.45, 7) is 5.26. The monoisotopic (exact) mass is 264 g/mol. The Morgan fingerprint density at radius 1 is 1.44 bits per heavy atom. The standard InChI is InChI=1S/C15H24N2S/c1-12(14-7-4-3-5-8-14)17-15(11-16)9-6-10-18-13(15)2/h3-5,7-8,12-13,17H,6,9-11,16H2,1-2H3. The Morgan fingerprint density at radius 2 is 2.17 bits per heavy atom. The second-order valence-corrected chi connectivity index (χ2v) is 6.70. The molecule has 100 valence electrons. The average Bonchev–Trinajstić information content (AvgIpc) is 2.42. The molecule has 0 amide bonds. The third-order valence-electron chi connectivity index (χ3n) is 4.08. The van der Waals surface area contributed by atoms with E-state index in [0.29, 0.717) is 11.3 Å². The van der Waals surface area contributed by atoms with Crippen LogP contribution in [0, 0.1) is 0 Å². The normalized spacial score (nSPS) is 30.1. The van der Waals surface area contributed by atoms with E-state index in [4.69, 9.17) is 5.73 Å². The maximum atomic E-state index is 6.08. The highest BCUT2D eigenvalue weighted by Gasteiger charge is 2.38. The first-order chi connectivity index (χ1) is 8.68. The molecule has 0 radical (unpaired) electrons. The lowest BCUT2D eigenvalue weighted by molar-refractivity contribution is 0.270. The third-order valence-corrected chi connectivity index (χ3v) is 5.56. The summed E-state index contributed by atoms with van der Waals surface area (Å²) in [6, 6.07) is 11.0. The second kappa shape index (κ2) is 6.09. The molecule has 1 aromatic rings. The lowest BCUT2D eigenvalue weighted by atomic mass is 9.88. The lowest BCUT2D eigenvalue weighted by Gasteiger charge is -2.44. The van der Waals surface area contributed by atoms with Crippen molar-refractivity contribution in [1.82, 2.24) is 5.32 Å². The largest absolute Gasteiger partial charge is 0.329 e. The summed E-state index contributed by atoms with van der Waals surface area (Å²) in [6.07, 6.45) is 2.45. The van der Waals surface area contributed by atoms with Crippen molar-refractivity contribution in [2.24, 2.45) is 5.73 Å². The molecule has 3 N–H and O–H groups in total. The van der Waals surface area contributed by atoms with Gasteiger partial charge in [-0.25, -0.2) is 0 Å². The van der Waals surface area contributed by atoms with E-state index in [9.17, 15) is 0 Å². The van der Waals surface area contributed by atoms with Gasteiger partial charge in [-0.15, -0.1) is 0 Å². The Balaban J connectivity index is 2.10. The fraction of sp³-hybridized carbons (Fsp3) is 0.600. The van der Waals surface area contributed by atoms with Crippen LogP contribution in [0.5, 0.6) is 0 Å². The molecule has 3 heteroatoms. The minimum Gasteiger partial charge on any atom is -0.329 e. The average molecular weight is 264 g/mol. The van der Waals surface area contributed by atoms with Crippen LogP contribution in [0.3, 0.4) is 0 Å². The van der Waals surface area contributed by atoms with Crippen LogP contribution < -0.4 is 11.1 Å². The molecule has 2 rings (SSSR count). The van der Waals surface area contributed by atoms with Crippen molar-refractivity contribution < 1.29 is 0 Å². The Morgan fingerprint density at radius 3 is 2.78 bits per heavy atom. The number of benzene rings is 1. The number of thioether (sulfide) groups is 1.